The minimum absolute atomic E-state index is 0. The van der Waals surface area contributed by atoms with Crippen LogP contribution in [0.4, 0.5) is 5.69 Å². The summed E-state index contributed by atoms with van der Waals surface area (Å²) < 4.78 is 11.4. The monoisotopic (exact) mass is 454 g/mol. The van der Waals surface area contributed by atoms with Gasteiger partial charge in [-0.2, -0.15) is 0 Å². The number of guanidine groups is 1. The summed E-state index contributed by atoms with van der Waals surface area (Å²) in [5.41, 5.74) is 3.04. The highest BCUT2D eigenvalue weighted by atomic mass is 127. The Kier molecular flexibility index (Phi) is 7.30. The van der Waals surface area contributed by atoms with Crippen LogP contribution in [0.25, 0.3) is 0 Å². The molecule has 2 N–H and O–H groups in total. The van der Waals surface area contributed by atoms with Crippen LogP contribution in [0, 0.1) is 6.92 Å². The Hall–Kier alpha value is -2.03. The Morgan fingerprint density at radius 1 is 1.20 bits per heavy atom. The van der Waals surface area contributed by atoms with Gasteiger partial charge in [0.05, 0.1) is 25.5 Å². The van der Waals surface area contributed by atoms with Crippen LogP contribution in [-0.4, -0.2) is 31.2 Å². The molecule has 25 heavy (non-hydrogen) atoms. The van der Waals surface area contributed by atoms with Gasteiger partial charge in [-0.25, -0.2) is 0 Å². The highest BCUT2D eigenvalue weighted by Gasteiger charge is 2.11. The number of hydrogen-bond donors (Lipinski definition) is 2. The summed E-state index contributed by atoms with van der Waals surface area (Å²) >= 11 is 0. The molecular weight excluding hydrogens is 431 g/mol. The summed E-state index contributed by atoms with van der Waals surface area (Å²) in [6.07, 6.45) is 2.69. The highest BCUT2D eigenvalue weighted by molar-refractivity contribution is 14.0. The van der Waals surface area contributed by atoms with E-state index < -0.39 is 0 Å². The maximum atomic E-state index is 5.71. The zero-order chi connectivity index (χ0) is 16.8. The lowest BCUT2D eigenvalue weighted by Crippen LogP contribution is -2.30. The number of aryl methyl sites for hydroxylation is 1. The molecule has 7 heteroatoms. The molecule has 1 aliphatic heterocycles. The van der Waals surface area contributed by atoms with E-state index in [0.717, 1.165) is 34.9 Å². The van der Waals surface area contributed by atoms with Gasteiger partial charge in [-0.1, -0.05) is 6.07 Å². The molecule has 0 fully saturated rings. The van der Waals surface area contributed by atoms with E-state index in [1.807, 2.05) is 37.3 Å². The van der Waals surface area contributed by atoms with Crippen LogP contribution >= 0.6 is 24.0 Å². The molecule has 0 aliphatic carbocycles. The van der Waals surface area contributed by atoms with E-state index in [9.17, 15) is 0 Å². The quantitative estimate of drug-likeness (QED) is 0.423. The maximum Gasteiger partial charge on any atom is 0.195 e. The number of aliphatic imine (C=N–C) groups is 1. The van der Waals surface area contributed by atoms with Crippen molar-refractivity contribution in [3.05, 3.63) is 47.8 Å². The van der Waals surface area contributed by atoms with E-state index in [1.165, 1.54) is 0 Å². The number of halogens is 1. The lowest BCUT2D eigenvalue weighted by atomic mass is 10.2. The molecule has 0 bridgehead atoms. The van der Waals surface area contributed by atoms with Gasteiger partial charge in [0.25, 0.3) is 0 Å². The first-order valence-electron chi connectivity index (χ1n) is 8.04. The molecule has 1 aromatic heterocycles. The first kappa shape index (κ1) is 19.3. The van der Waals surface area contributed by atoms with Crippen molar-refractivity contribution in [1.82, 2.24) is 10.3 Å². The Labute approximate surface area is 165 Å². The molecule has 0 unspecified atom stereocenters. The van der Waals surface area contributed by atoms with Crippen LogP contribution in [-0.2, 0) is 6.54 Å². The average Bonchev–Trinajstić information content (AvgIpc) is 2.84. The van der Waals surface area contributed by atoms with Gasteiger partial charge in [0.1, 0.15) is 0 Å². The third kappa shape index (κ3) is 5.22. The third-order valence-corrected chi connectivity index (χ3v) is 3.77. The fourth-order valence-electron chi connectivity index (χ4n) is 2.43. The number of ether oxygens (including phenoxy) is 2. The van der Waals surface area contributed by atoms with Crippen molar-refractivity contribution in [3.8, 4) is 11.5 Å². The van der Waals surface area contributed by atoms with Crippen LogP contribution in [0.3, 0.4) is 0 Å². The van der Waals surface area contributed by atoms with Crippen molar-refractivity contribution >= 4 is 35.6 Å². The number of fused-ring (bicyclic) bond motifs is 1. The minimum Gasteiger partial charge on any atom is -0.490 e. The molecule has 2 heterocycles. The van der Waals surface area contributed by atoms with Crippen molar-refractivity contribution in [2.45, 2.75) is 19.9 Å². The van der Waals surface area contributed by atoms with E-state index in [-0.39, 0.29) is 24.0 Å². The molecule has 0 amide bonds. The molecule has 6 nitrogen and oxygen atoms in total. The number of nitrogens with zero attached hydrogens (tertiary/aromatic N) is 2. The van der Waals surface area contributed by atoms with Crippen molar-refractivity contribution in [1.29, 1.82) is 0 Å². The number of benzene rings is 1. The smallest absolute Gasteiger partial charge is 0.195 e. The van der Waals surface area contributed by atoms with Crippen molar-refractivity contribution in [2.75, 3.05) is 25.6 Å². The van der Waals surface area contributed by atoms with Gasteiger partial charge < -0.3 is 20.1 Å². The predicted molar refractivity (Wildman–Crippen MR) is 110 cm³/mol. The second kappa shape index (κ2) is 9.45. The minimum atomic E-state index is 0. The van der Waals surface area contributed by atoms with Crippen LogP contribution in [0.5, 0.6) is 11.5 Å². The molecule has 1 aliphatic rings. The number of rotatable bonds is 3. The van der Waals surface area contributed by atoms with Crippen LogP contribution < -0.4 is 20.1 Å². The van der Waals surface area contributed by atoms with E-state index in [1.54, 1.807) is 13.2 Å². The van der Waals surface area contributed by atoms with Crippen molar-refractivity contribution in [2.24, 2.45) is 4.99 Å². The zero-order valence-electron chi connectivity index (χ0n) is 14.4. The lowest BCUT2D eigenvalue weighted by Gasteiger charge is -2.14. The van der Waals surface area contributed by atoms with Crippen molar-refractivity contribution in [3.63, 3.8) is 0 Å². The summed E-state index contributed by atoms with van der Waals surface area (Å²) in [6, 6.07) is 9.78. The standard InChI is InChI=1S/C18H22N4O2.HI/c1-13-5-3-8-20-15(13)12-21-18(19-2)22-14-6-7-16-17(11-14)24-10-4-9-23-16;/h3,5-8,11H,4,9-10,12H2,1-2H3,(H2,19,21,22);1H. The van der Waals surface area contributed by atoms with Gasteiger partial charge in [-0.05, 0) is 30.7 Å². The molecule has 0 saturated heterocycles. The van der Waals surface area contributed by atoms with Crippen LogP contribution in [0.1, 0.15) is 17.7 Å². The SMILES string of the molecule is CN=C(NCc1ncccc1C)Nc1ccc2c(c1)OCCCO2.I. The fraction of sp³-hybridized carbons (Fsp3) is 0.333. The second-order valence-corrected chi connectivity index (χ2v) is 5.53. The summed E-state index contributed by atoms with van der Waals surface area (Å²) in [7, 11) is 1.74. The largest absolute Gasteiger partial charge is 0.490 e. The fourth-order valence-corrected chi connectivity index (χ4v) is 2.43. The lowest BCUT2D eigenvalue weighted by molar-refractivity contribution is 0.297. The number of hydrogen-bond acceptors (Lipinski definition) is 4. The summed E-state index contributed by atoms with van der Waals surface area (Å²) in [6.45, 7) is 4.01. The molecule has 0 atom stereocenters. The van der Waals surface area contributed by atoms with Crippen LogP contribution in [0.15, 0.2) is 41.5 Å². The first-order valence-corrected chi connectivity index (χ1v) is 8.04. The molecule has 3 rings (SSSR count). The number of nitrogens with one attached hydrogen (secondary N) is 2. The average molecular weight is 454 g/mol. The first-order chi connectivity index (χ1) is 11.8. The highest BCUT2D eigenvalue weighted by Crippen LogP contribution is 2.32. The molecule has 0 spiro atoms. The Balaban J connectivity index is 0.00000225. The van der Waals surface area contributed by atoms with Gasteiger partial charge >= 0.3 is 0 Å². The van der Waals surface area contributed by atoms with E-state index in [0.29, 0.717) is 25.7 Å². The normalized spacial score (nSPS) is 13.4. The van der Waals surface area contributed by atoms with E-state index in [4.69, 9.17) is 9.47 Å². The number of anilines is 1. The van der Waals surface area contributed by atoms with E-state index in [2.05, 4.69) is 20.6 Å². The Morgan fingerprint density at radius 2 is 2.00 bits per heavy atom. The molecule has 1 aromatic carbocycles. The Bertz CT molecular complexity index is 737. The van der Waals surface area contributed by atoms with Gasteiger partial charge in [0, 0.05) is 31.4 Å². The number of aromatic nitrogens is 1. The van der Waals surface area contributed by atoms with Gasteiger partial charge in [0.15, 0.2) is 17.5 Å². The van der Waals surface area contributed by atoms with Gasteiger partial charge in [-0.3, -0.25) is 9.98 Å². The third-order valence-electron chi connectivity index (χ3n) is 3.77. The molecule has 134 valence electrons. The number of pyridine rings is 1. The molecule has 2 aromatic rings. The van der Waals surface area contributed by atoms with Gasteiger partial charge in [-0.15, -0.1) is 24.0 Å². The molecule has 0 saturated carbocycles. The topological polar surface area (TPSA) is 67.8 Å². The molecular formula is C18H23IN4O2. The molecule has 0 radical (unpaired) electrons. The summed E-state index contributed by atoms with van der Waals surface area (Å²) in [4.78, 5) is 8.63. The Morgan fingerprint density at radius 3 is 2.76 bits per heavy atom. The van der Waals surface area contributed by atoms with E-state index >= 15 is 0 Å². The maximum absolute atomic E-state index is 5.71. The van der Waals surface area contributed by atoms with Gasteiger partial charge in [0.2, 0.25) is 0 Å². The second-order valence-electron chi connectivity index (χ2n) is 5.53. The predicted octanol–water partition coefficient (Wildman–Crippen LogP) is 3.36. The van der Waals surface area contributed by atoms with Crippen LogP contribution in [0.2, 0.25) is 0 Å². The van der Waals surface area contributed by atoms with Crippen molar-refractivity contribution < 1.29 is 9.47 Å². The summed E-state index contributed by atoms with van der Waals surface area (Å²) in [5.74, 6) is 2.22. The summed E-state index contributed by atoms with van der Waals surface area (Å²) in [5, 5.41) is 6.54. The zero-order valence-corrected chi connectivity index (χ0v) is 16.7.